The van der Waals surface area contributed by atoms with Crippen LogP contribution in [0, 0.1) is 5.82 Å². The maximum absolute atomic E-state index is 13.8. The van der Waals surface area contributed by atoms with Crippen LogP contribution in [0.5, 0.6) is 0 Å². The van der Waals surface area contributed by atoms with Crippen LogP contribution in [0.3, 0.4) is 0 Å². The van der Waals surface area contributed by atoms with Crippen molar-refractivity contribution in [2.24, 2.45) is 0 Å². The number of carbonyl (C=O) groups is 1. The van der Waals surface area contributed by atoms with Crippen LogP contribution in [0.1, 0.15) is 30.5 Å². The van der Waals surface area contributed by atoms with Gasteiger partial charge in [-0.3, -0.25) is 4.79 Å². The monoisotopic (exact) mass is 383 g/mol. The zero-order valence-corrected chi connectivity index (χ0v) is 15.5. The van der Waals surface area contributed by atoms with Crippen molar-refractivity contribution in [1.82, 2.24) is 5.32 Å². The van der Waals surface area contributed by atoms with Crippen LogP contribution in [0.25, 0.3) is 0 Å². The second-order valence-electron chi connectivity index (χ2n) is 5.78. The van der Waals surface area contributed by atoms with Gasteiger partial charge in [0.25, 0.3) is 0 Å². The molecule has 2 aromatic carbocycles. The van der Waals surface area contributed by atoms with Gasteiger partial charge < -0.3 is 5.32 Å². The zero-order valence-electron chi connectivity index (χ0n) is 13.9. The molecule has 25 heavy (non-hydrogen) atoms. The van der Waals surface area contributed by atoms with Gasteiger partial charge in [-0.25, -0.2) is 12.8 Å². The lowest BCUT2D eigenvalue weighted by atomic mass is 10.0. The molecule has 0 aromatic heterocycles. The topological polar surface area (TPSA) is 63.2 Å². The third-order valence-corrected chi connectivity index (χ3v) is 5.18. The number of nitrogens with one attached hydrogen (secondary N) is 1. The Morgan fingerprint density at radius 2 is 1.84 bits per heavy atom. The predicted octanol–water partition coefficient (Wildman–Crippen LogP) is 3.69. The Hall–Kier alpha value is -1.92. The summed E-state index contributed by atoms with van der Waals surface area (Å²) >= 11 is 5.70. The highest BCUT2D eigenvalue weighted by Crippen LogP contribution is 2.20. The van der Waals surface area contributed by atoms with E-state index in [1.807, 2.05) is 6.92 Å². The summed E-state index contributed by atoms with van der Waals surface area (Å²) in [5, 5.41) is 3.12. The SMILES string of the molecule is CCC(NC(=O)Cc1ccc(Cl)cc1F)c1ccc(S(C)(=O)=O)cc1. The van der Waals surface area contributed by atoms with Crippen LogP contribution < -0.4 is 5.32 Å². The van der Waals surface area contributed by atoms with Gasteiger partial charge in [-0.2, -0.15) is 0 Å². The first-order chi connectivity index (χ1) is 11.7. The highest BCUT2D eigenvalue weighted by molar-refractivity contribution is 7.90. The third kappa shape index (κ3) is 5.28. The summed E-state index contributed by atoms with van der Waals surface area (Å²) in [6.45, 7) is 1.90. The summed E-state index contributed by atoms with van der Waals surface area (Å²) in [6.07, 6.45) is 1.66. The van der Waals surface area contributed by atoms with Crippen molar-refractivity contribution in [2.75, 3.05) is 6.26 Å². The maximum Gasteiger partial charge on any atom is 0.225 e. The Morgan fingerprint density at radius 1 is 1.20 bits per heavy atom. The molecule has 1 atom stereocenters. The summed E-state index contributed by atoms with van der Waals surface area (Å²) in [5.41, 5.74) is 1.06. The van der Waals surface area contributed by atoms with Crippen molar-refractivity contribution in [2.45, 2.75) is 30.7 Å². The molecule has 0 fully saturated rings. The molecule has 2 rings (SSSR count). The normalized spacial score (nSPS) is 12.6. The Balaban J connectivity index is 2.09. The number of amides is 1. The summed E-state index contributed by atoms with van der Waals surface area (Å²) in [5.74, 6) is -0.839. The van der Waals surface area contributed by atoms with Gasteiger partial charge in [0.2, 0.25) is 5.91 Å². The van der Waals surface area contributed by atoms with Crippen LogP contribution >= 0.6 is 11.6 Å². The standard InChI is InChI=1S/C18H19ClFNO3S/c1-3-17(12-5-8-15(9-6-12)25(2,23)24)21-18(22)10-13-4-7-14(19)11-16(13)20/h4-9,11,17H,3,10H2,1-2H3,(H,21,22). The Morgan fingerprint density at radius 3 is 2.36 bits per heavy atom. The van der Waals surface area contributed by atoms with Gasteiger partial charge in [-0.15, -0.1) is 0 Å². The Kier molecular flexibility index (Phi) is 6.19. The lowest BCUT2D eigenvalue weighted by Crippen LogP contribution is -2.29. The van der Waals surface area contributed by atoms with Gasteiger partial charge >= 0.3 is 0 Å². The van der Waals surface area contributed by atoms with Gasteiger partial charge in [0.15, 0.2) is 9.84 Å². The lowest BCUT2D eigenvalue weighted by Gasteiger charge is -2.18. The molecule has 1 amide bonds. The van der Waals surface area contributed by atoms with Crippen LogP contribution in [-0.4, -0.2) is 20.6 Å². The Labute approximate surface area is 151 Å². The molecule has 0 saturated carbocycles. The van der Waals surface area contributed by atoms with Gasteiger partial charge in [0, 0.05) is 11.3 Å². The first kappa shape index (κ1) is 19.4. The second-order valence-corrected chi connectivity index (χ2v) is 8.23. The average molecular weight is 384 g/mol. The van der Waals surface area contributed by atoms with Gasteiger partial charge in [0.05, 0.1) is 17.4 Å². The van der Waals surface area contributed by atoms with E-state index in [-0.39, 0.29) is 33.9 Å². The number of benzene rings is 2. The summed E-state index contributed by atoms with van der Waals surface area (Å²) in [7, 11) is -3.26. The van der Waals surface area contributed by atoms with Gasteiger partial charge in [-0.1, -0.05) is 36.7 Å². The molecule has 0 aliphatic rings. The van der Waals surface area contributed by atoms with E-state index in [4.69, 9.17) is 11.6 Å². The van der Waals surface area contributed by atoms with Crippen molar-refractivity contribution in [3.8, 4) is 0 Å². The number of halogens is 2. The fourth-order valence-electron chi connectivity index (χ4n) is 2.45. The van der Waals surface area contributed by atoms with Crippen LogP contribution in [0.4, 0.5) is 4.39 Å². The number of rotatable bonds is 6. The number of sulfone groups is 1. The quantitative estimate of drug-likeness (QED) is 0.827. The molecule has 0 radical (unpaired) electrons. The van der Waals surface area contributed by atoms with Gasteiger partial charge in [0.1, 0.15) is 5.82 Å². The predicted molar refractivity (Wildman–Crippen MR) is 95.8 cm³/mol. The van der Waals surface area contributed by atoms with E-state index in [0.29, 0.717) is 6.42 Å². The number of hydrogen-bond acceptors (Lipinski definition) is 3. The van der Waals surface area contributed by atoms with Crippen molar-refractivity contribution >= 4 is 27.3 Å². The van der Waals surface area contributed by atoms with Crippen molar-refractivity contribution < 1.29 is 17.6 Å². The maximum atomic E-state index is 13.8. The molecule has 7 heteroatoms. The minimum Gasteiger partial charge on any atom is -0.349 e. The number of carbonyl (C=O) groups excluding carboxylic acids is 1. The third-order valence-electron chi connectivity index (χ3n) is 3.82. The minimum atomic E-state index is -3.26. The van der Waals surface area contributed by atoms with E-state index in [1.54, 1.807) is 12.1 Å². The molecule has 0 heterocycles. The lowest BCUT2D eigenvalue weighted by molar-refractivity contribution is -0.121. The highest BCUT2D eigenvalue weighted by Gasteiger charge is 2.16. The van der Waals surface area contributed by atoms with Crippen molar-refractivity contribution in [3.05, 3.63) is 64.4 Å². The van der Waals surface area contributed by atoms with Gasteiger partial charge in [-0.05, 0) is 41.8 Å². The van der Waals surface area contributed by atoms with Crippen molar-refractivity contribution in [3.63, 3.8) is 0 Å². The van der Waals surface area contributed by atoms with Crippen LogP contribution in [0.2, 0.25) is 5.02 Å². The molecule has 2 aromatic rings. The molecule has 1 unspecified atom stereocenters. The first-order valence-corrected chi connectivity index (χ1v) is 10.0. The molecule has 0 bridgehead atoms. The van der Waals surface area contributed by atoms with E-state index in [0.717, 1.165) is 11.8 Å². The first-order valence-electron chi connectivity index (χ1n) is 7.74. The number of hydrogen-bond donors (Lipinski definition) is 1. The molecule has 0 aliphatic heterocycles. The smallest absolute Gasteiger partial charge is 0.225 e. The summed E-state index contributed by atoms with van der Waals surface area (Å²) in [6, 6.07) is 10.3. The van der Waals surface area contributed by atoms with E-state index < -0.39 is 15.7 Å². The zero-order chi connectivity index (χ0) is 18.6. The summed E-state index contributed by atoms with van der Waals surface area (Å²) < 4.78 is 36.8. The molecule has 0 spiro atoms. The molecule has 0 aliphatic carbocycles. The molecular formula is C18H19ClFNO3S. The van der Waals surface area contributed by atoms with E-state index in [1.165, 1.54) is 30.3 Å². The fraction of sp³-hybridized carbons (Fsp3) is 0.278. The highest BCUT2D eigenvalue weighted by atomic mass is 35.5. The molecule has 134 valence electrons. The largest absolute Gasteiger partial charge is 0.349 e. The fourth-order valence-corrected chi connectivity index (χ4v) is 3.24. The molecule has 4 nitrogen and oxygen atoms in total. The molecule has 1 N–H and O–H groups in total. The average Bonchev–Trinajstić information content (AvgIpc) is 2.54. The van der Waals surface area contributed by atoms with Crippen molar-refractivity contribution in [1.29, 1.82) is 0 Å². The van der Waals surface area contributed by atoms with E-state index in [2.05, 4.69) is 5.32 Å². The van der Waals surface area contributed by atoms with Crippen LogP contribution in [0.15, 0.2) is 47.4 Å². The molecular weight excluding hydrogens is 365 g/mol. The Bertz CT molecular complexity index is 866. The minimum absolute atomic E-state index is 0.0963. The van der Waals surface area contributed by atoms with E-state index >= 15 is 0 Å². The van der Waals surface area contributed by atoms with Crippen LogP contribution in [-0.2, 0) is 21.1 Å². The summed E-state index contributed by atoms with van der Waals surface area (Å²) in [4.78, 5) is 12.4. The van der Waals surface area contributed by atoms with E-state index in [9.17, 15) is 17.6 Å². The molecule has 0 saturated heterocycles. The second kappa shape index (κ2) is 7.97.